The number of hydrogen-bond acceptors (Lipinski definition) is 7. The van der Waals surface area contributed by atoms with Gasteiger partial charge in [0.2, 0.25) is 11.9 Å². The summed E-state index contributed by atoms with van der Waals surface area (Å²) < 4.78 is 5.82. The predicted octanol–water partition coefficient (Wildman–Crippen LogP) is 4.22. The molecule has 1 aliphatic rings. The van der Waals surface area contributed by atoms with E-state index in [1.165, 1.54) is 6.08 Å². The van der Waals surface area contributed by atoms with Gasteiger partial charge in [-0.05, 0) is 41.5 Å². The number of benzene rings is 2. The maximum absolute atomic E-state index is 11.7. The summed E-state index contributed by atoms with van der Waals surface area (Å²) in [6.07, 6.45) is 4.73. The molecule has 0 radical (unpaired) electrons. The number of carbonyl (C=O) groups is 1. The Morgan fingerprint density at radius 3 is 2.82 bits per heavy atom. The summed E-state index contributed by atoms with van der Waals surface area (Å²) in [5, 5.41) is 10.2. The van der Waals surface area contributed by atoms with E-state index in [1.54, 1.807) is 12.4 Å². The van der Waals surface area contributed by atoms with Crippen LogP contribution in [0.15, 0.2) is 79.6 Å². The number of pyridine rings is 1. The van der Waals surface area contributed by atoms with Crippen LogP contribution in [0.4, 0.5) is 17.5 Å². The van der Waals surface area contributed by atoms with Gasteiger partial charge in [-0.25, -0.2) is 15.0 Å². The van der Waals surface area contributed by atoms with Crippen LogP contribution in [-0.2, 0) is 9.53 Å². The highest BCUT2D eigenvalue weighted by Crippen LogP contribution is 2.29. The van der Waals surface area contributed by atoms with Crippen molar-refractivity contribution in [3.05, 3.63) is 85.2 Å². The second-order valence-corrected chi connectivity index (χ2v) is 7.87. The Morgan fingerprint density at radius 2 is 2.03 bits per heavy atom. The lowest BCUT2D eigenvalue weighted by atomic mass is 10.0. The van der Waals surface area contributed by atoms with Crippen molar-refractivity contribution in [3.8, 4) is 11.1 Å². The van der Waals surface area contributed by atoms with E-state index in [2.05, 4.69) is 44.6 Å². The number of anilines is 3. The molecule has 1 saturated heterocycles. The second kappa shape index (κ2) is 9.78. The van der Waals surface area contributed by atoms with Gasteiger partial charge in [-0.2, -0.15) is 0 Å². The van der Waals surface area contributed by atoms with E-state index in [0.717, 1.165) is 53.0 Å². The molecule has 1 unspecified atom stereocenters. The molecule has 0 bridgehead atoms. The van der Waals surface area contributed by atoms with Gasteiger partial charge < -0.3 is 20.7 Å². The average Bonchev–Trinajstić information content (AvgIpc) is 2.89. The molecule has 0 aliphatic carbocycles. The van der Waals surface area contributed by atoms with Crippen molar-refractivity contribution in [3.63, 3.8) is 0 Å². The van der Waals surface area contributed by atoms with Crippen LogP contribution in [0.2, 0.25) is 0 Å². The number of nitrogens with one attached hydrogen (secondary N) is 3. The van der Waals surface area contributed by atoms with Crippen molar-refractivity contribution in [2.75, 3.05) is 30.3 Å². The summed E-state index contributed by atoms with van der Waals surface area (Å²) in [5.41, 5.74) is 4.62. The van der Waals surface area contributed by atoms with E-state index in [0.29, 0.717) is 11.8 Å². The van der Waals surface area contributed by atoms with E-state index < -0.39 is 0 Å². The number of aromatic nitrogens is 3. The molecule has 1 atom stereocenters. The zero-order valence-corrected chi connectivity index (χ0v) is 18.5. The third-order valence-electron chi connectivity index (χ3n) is 5.58. The first kappa shape index (κ1) is 21.7. The summed E-state index contributed by atoms with van der Waals surface area (Å²) >= 11 is 0. The van der Waals surface area contributed by atoms with E-state index in [-0.39, 0.29) is 12.0 Å². The maximum atomic E-state index is 11.7. The lowest BCUT2D eigenvalue weighted by Crippen LogP contribution is -2.33. The number of hydrogen-bond donors (Lipinski definition) is 3. The first-order chi connectivity index (χ1) is 16.7. The smallest absolute Gasteiger partial charge is 0.248 e. The number of amides is 1. The van der Waals surface area contributed by atoms with Crippen LogP contribution < -0.4 is 16.0 Å². The lowest BCUT2D eigenvalue weighted by Gasteiger charge is -2.24. The van der Waals surface area contributed by atoms with Crippen LogP contribution >= 0.6 is 0 Å². The highest BCUT2D eigenvalue weighted by molar-refractivity contribution is 5.99. The zero-order valence-electron chi connectivity index (χ0n) is 18.5. The van der Waals surface area contributed by atoms with Crippen LogP contribution in [0.5, 0.6) is 0 Å². The molecule has 0 spiro atoms. The van der Waals surface area contributed by atoms with Gasteiger partial charge in [-0.15, -0.1) is 0 Å². The van der Waals surface area contributed by atoms with E-state index in [4.69, 9.17) is 9.72 Å². The van der Waals surface area contributed by atoms with Gasteiger partial charge in [0.05, 0.1) is 18.2 Å². The Hall–Kier alpha value is -4.14. The Morgan fingerprint density at radius 1 is 1.15 bits per heavy atom. The minimum absolute atomic E-state index is 0.0730. The van der Waals surface area contributed by atoms with Crippen molar-refractivity contribution < 1.29 is 9.53 Å². The molecule has 8 nitrogen and oxygen atoms in total. The summed E-state index contributed by atoms with van der Waals surface area (Å²) in [7, 11) is 0. The van der Waals surface area contributed by atoms with Crippen LogP contribution in [0, 0.1) is 0 Å². The minimum atomic E-state index is -0.311. The van der Waals surface area contributed by atoms with E-state index in [9.17, 15) is 4.79 Å². The first-order valence-corrected chi connectivity index (χ1v) is 11.0. The summed E-state index contributed by atoms with van der Waals surface area (Å²) in [5.74, 6) is 0.635. The van der Waals surface area contributed by atoms with Crippen LogP contribution in [0.25, 0.3) is 22.0 Å². The van der Waals surface area contributed by atoms with Crippen LogP contribution in [0.3, 0.4) is 0 Å². The fraction of sp³-hybridized carbons (Fsp3) is 0.154. The molecule has 170 valence electrons. The normalized spacial score (nSPS) is 15.6. The van der Waals surface area contributed by atoms with Crippen LogP contribution in [0.1, 0.15) is 11.7 Å². The molecular weight excluding hydrogens is 428 g/mol. The summed E-state index contributed by atoms with van der Waals surface area (Å²) in [4.78, 5) is 25.1. The Labute approximate surface area is 197 Å². The zero-order chi connectivity index (χ0) is 23.3. The SMILES string of the molecule is C=CC(=O)Nc1cc(-c2cccc3cnc(Nc4ccc(C5CNCCO5)cc4)nc23)ccn1. The topological polar surface area (TPSA) is 101 Å². The number of para-hydroxylation sites is 1. The fourth-order valence-electron chi connectivity index (χ4n) is 3.88. The molecule has 34 heavy (non-hydrogen) atoms. The number of morpholine rings is 1. The molecule has 3 N–H and O–H groups in total. The Bertz CT molecular complexity index is 1330. The maximum Gasteiger partial charge on any atom is 0.248 e. The minimum Gasteiger partial charge on any atom is -0.371 e. The van der Waals surface area contributed by atoms with E-state index >= 15 is 0 Å². The third-order valence-corrected chi connectivity index (χ3v) is 5.58. The van der Waals surface area contributed by atoms with Gasteiger partial charge >= 0.3 is 0 Å². The second-order valence-electron chi connectivity index (χ2n) is 7.87. The van der Waals surface area contributed by atoms with Gasteiger partial charge in [-0.3, -0.25) is 4.79 Å². The molecule has 2 aromatic heterocycles. The van der Waals surface area contributed by atoms with Crippen molar-refractivity contribution >= 4 is 34.3 Å². The average molecular weight is 453 g/mol. The van der Waals surface area contributed by atoms with Crippen molar-refractivity contribution in [1.82, 2.24) is 20.3 Å². The van der Waals surface area contributed by atoms with Crippen molar-refractivity contribution in [1.29, 1.82) is 0 Å². The quantitative estimate of drug-likeness (QED) is 0.377. The highest BCUT2D eigenvalue weighted by Gasteiger charge is 2.15. The van der Waals surface area contributed by atoms with Crippen LogP contribution in [-0.4, -0.2) is 40.6 Å². The van der Waals surface area contributed by atoms with Gasteiger partial charge in [0.25, 0.3) is 0 Å². The molecule has 0 saturated carbocycles. The molecular formula is C26H24N6O2. The largest absolute Gasteiger partial charge is 0.371 e. The first-order valence-electron chi connectivity index (χ1n) is 11.0. The molecule has 1 aliphatic heterocycles. The number of fused-ring (bicyclic) bond motifs is 1. The molecule has 5 rings (SSSR count). The predicted molar refractivity (Wildman–Crippen MR) is 133 cm³/mol. The monoisotopic (exact) mass is 452 g/mol. The molecule has 8 heteroatoms. The molecule has 4 aromatic rings. The molecule has 1 fully saturated rings. The lowest BCUT2D eigenvalue weighted by molar-refractivity contribution is -0.111. The van der Waals surface area contributed by atoms with Crippen molar-refractivity contribution in [2.45, 2.75) is 6.10 Å². The standard InChI is InChI=1S/C26H24N6O2/c1-2-24(33)31-23-14-18(10-11-28-23)21-5-3-4-19-15-29-26(32-25(19)21)30-20-8-6-17(7-9-20)22-16-27-12-13-34-22/h2-11,14-15,22,27H,1,12-13,16H2,(H,28,31,33)(H,29,30,32). The number of nitrogens with zero attached hydrogens (tertiary/aromatic N) is 3. The third kappa shape index (κ3) is 4.78. The molecule has 2 aromatic carbocycles. The van der Waals surface area contributed by atoms with E-state index in [1.807, 2.05) is 42.5 Å². The summed E-state index contributed by atoms with van der Waals surface area (Å²) in [6.45, 7) is 5.91. The van der Waals surface area contributed by atoms with Gasteiger partial charge in [0.1, 0.15) is 5.82 Å². The van der Waals surface area contributed by atoms with Crippen molar-refractivity contribution in [2.24, 2.45) is 0 Å². The van der Waals surface area contributed by atoms with Gasteiger partial charge in [0.15, 0.2) is 0 Å². The molecule has 1 amide bonds. The van der Waals surface area contributed by atoms with Gasteiger partial charge in [-0.1, -0.05) is 36.9 Å². The Balaban J connectivity index is 1.41. The summed E-state index contributed by atoms with van der Waals surface area (Å²) in [6, 6.07) is 17.7. The highest BCUT2D eigenvalue weighted by atomic mass is 16.5. The number of rotatable bonds is 6. The Kier molecular flexibility index (Phi) is 6.24. The van der Waals surface area contributed by atoms with Gasteiger partial charge in [0, 0.05) is 42.1 Å². The fourth-order valence-corrected chi connectivity index (χ4v) is 3.88. The number of carbonyl (C=O) groups excluding carboxylic acids is 1. The number of ether oxygens (including phenoxy) is 1. The molecule has 3 heterocycles.